The molecule has 2 heterocycles. The molecule has 2 fully saturated rings. The number of hydrogen-bond acceptors (Lipinski definition) is 2. The molecule has 6 unspecified atom stereocenters. The molecule has 0 amide bonds. The summed E-state index contributed by atoms with van der Waals surface area (Å²) in [6.45, 7) is 15.1. The Morgan fingerprint density at radius 2 is 0.725 bits per heavy atom. The zero-order valence-corrected chi connectivity index (χ0v) is 41.3. The highest BCUT2D eigenvalue weighted by molar-refractivity contribution is 5.92. The smallest absolute Gasteiger partial charge is 0.0713 e. The topological polar surface area (TPSA) is 6.48 Å². The van der Waals surface area contributed by atoms with E-state index in [1.807, 2.05) is 0 Å². The van der Waals surface area contributed by atoms with E-state index in [9.17, 15) is 0 Å². The molecule has 0 aromatic heterocycles. The molecule has 2 aliphatic heterocycles. The minimum absolute atomic E-state index is 0.0198. The maximum atomic E-state index is 2.70. The number of para-hydroxylation sites is 2. The number of nitrogens with zero attached hydrogens (tertiary/aromatic N) is 2. The third kappa shape index (κ3) is 5.78. The van der Waals surface area contributed by atoms with E-state index < -0.39 is 5.41 Å². The van der Waals surface area contributed by atoms with Gasteiger partial charge in [0.2, 0.25) is 0 Å². The monoisotopic (exact) mass is 897 g/mol. The molecule has 2 heteroatoms. The van der Waals surface area contributed by atoms with E-state index in [2.05, 4.69) is 245 Å². The number of hydrogen-bond donors (Lipinski definition) is 0. The fourth-order valence-electron chi connectivity index (χ4n) is 15.2. The predicted molar refractivity (Wildman–Crippen MR) is 289 cm³/mol. The largest absolute Gasteiger partial charge is 0.334 e. The molecule has 69 heavy (non-hydrogen) atoms. The van der Waals surface area contributed by atoms with Gasteiger partial charge in [-0.1, -0.05) is 161 Å². The van der Waals surface area contributed by atoms with Crippen LogP contribution in [0.25, 0.3) is 33.4 Å². The molecule has 2 nitrogen and oxygen atoms in total. The summed E-state index contributed by atoms with van der Waals surface area (Å²) in [5.41, 5.74) is 20.9. The number of benzene rings is 8. The minimum Gasteiger partial charge on any atom is -0.334 e. The van der Waals surface area contributed by atoms with Crippen LogP contribution < -0.4 is 9.80 Å². The van der Waals surface area contributed by atoms with E-state index in [1.165, 1.54) is 128 Å². The normalized spacial score (nSPS) is 26.9. The van der Waals surface area contributed by atoms with Gasteiger partial charge in [0.15, 0.2) is 0 Å². The van der Waals surface area contributed by atoms with Gasteiger partial charge in [-0.2, -0.15) is 0 Å². The number of fused-ring (bicyclic) bond motifs is 9. The van der Waals surface area contributed by atoms with Crippen molar-refractivity contribution in [3.8, 4) is 33.4 Å². The standard InChI is InChI=1S/C67H64N2/c1-45-35-37-63(3)59-41-49(29-33-61(59)68(65(63,5)43-45)53-23-15-9-16-24-53)47-27-31-57-55(39-47)56-40-48(28-32-58(56)67(57,51-19-11-7-12-20-51)52-21-13-8-14-22-52)50-30-34-62-60(42-50)64(4)38-36-46(2)44-66(64,6)69(62)54-25-17-10-18-26-54/h7-34,39-42,45-46H,35-38,43-44H2,1-6H3. The first-order chi connectivity index (χ1) is 33.5. The summed E-state index contributed by atoms with van der Waals surface area (Å²) in [6, 6.07) is 74.6. The Labute approximate surface area is 410 Å². The molecule has 5 aliphatic rings. The van der Waals surface area contributed by atoms with Crippen molar-refractivity contribution in [1.82, 2.24) is 0 Å². The van der Waals surface area contributed by atoms with E-state index in [1.54, 1.807) is 0 Å². The molecule has 8 aromatic rings. The highest BCUT2D eigenvalue weighted by Crippen LogP contribution is 2.64. The zero-order valence-electron chi connectivity index (χ0n) is 41.3. The molecule has 8 aromatic carbocycles. The summed E-state index contributed by atoms with van der Waals surface area (Å²) in [6.07, 6.45) is 7.23. The number of anilines is 4. The second-order valence-electron chi connectivity index (χ2n) is 22.7. The minimum atomic E-state index is -0.478. The summed E-state index contributed by atoms with van der Waals surface area (Å²) in [4.78, 5) is 5.40. The Balaban J connectivity index is 0.993. The average molecular weight is 897 g/mol. The van der Waals surface area contributed by atoms with Crippen molar-refractivity contribution >= 4 is 22.7 Å². The summed E-state index contributed by atoms with van der Waals surface area (Å²) < 4.78 is 0. The molecule has 0 bridgehead atoms. The Morgan fingerprint density at radius 1 is 0.377 bits per heavy atom. The van der Waals surface area contributed by atoms with Gasteiger partial charge in [-0.15, -0.1) is 0 Å². The Bertz CT molecular complexity index is 3060. The van der Waals surface area contributed by atoms with Crippen LogP contribution in [-0.2, 0) is 16.2 Å². The molecule has 6 atom stereocenters. The molecular formula is C67H64N2. The lowest BCUT2D eigenvalue weighted by molar-refractivity contribution is 0.154. The van der Waals surface area contributed by atoms with Crippen LogP contribution in [0.2, 0.25) is 0 Å². The lowest BCUT2D eigenvalue weighted by Gasteiger charge is -2.52. The van der Waals surface area contributed by atoms with Gasteiger partial charge < -0.3 is 9.80 Å². The summed E-state index contributed by atoms with van der Waals surface area (Å²) in [5, 5.41) is 0. The molecule has 3 aliphatic carbocycles. The molecule has 0 radical (unpaired) electrons. The van der Waals surface area contributed by atoms with Gasteiger partial charge in [-0.25, -0.2) is 0 Å². The summed E-state index contributed by atoms with van der Waals surface area (Å²) >= 11 is 0. The fourth-order valence-corrected chi connectivity index (χ4v) is 15.2. The first-order valence-electron chi connectivity index (χ1n) is 25.9. The first-order valence-corrected chi connectivity index (χ1v) is 25.9. The lowest BCUT2D eigenvalue weighted by atomic mass is 9.59. The quantitative estimate of drug-likeness (QED) is 0.164. The fraction of sp³-hybridized carbons (Fsp3) is 0.284. The van der Waals surface area contributed by atoms with Crippen molar-refractivity contribution < 1.29 is 0 Å². The SMILES string of the molecule is CC1CCC2(C)c3cc(-c4ccc5c(c4)-c4cc(-c6ccc7c(c6)C6(C)CCC(C)CC6(C)N7c6ccccc6)ccc4C5(c4ccccc4)c4ccccc4)ccc3N(c3ccccc3)C2(C)C1. The zero-order chi connectivity index (χ0) is 46.9. The van der Waals surface area contributed by atoms with Crippen LogP contribution >= 0.6 is 0 Å². The van der Waals surface area contributed by atoms with E-state index in [4.69, 9.17) is 0 Å². The molecule has 2 saturated carbocycles. The predicted octanol–water partition coefficient (Wildman–Crippen LogP) is 17.4. The van der Waals surface area contributed by atoms with Crippen LogP contribution in [0.4, 0.5) is 22.7 Å². The Hall–Kier alpha value is -6.64. The van der Waals surface area contributed by atoms with Crippen LogP contribution in [0, 0.1) is 11.8 Å². The third-order valence-corrected chi connectivity index (χ3v) is 19.0. The Morgan fingerprint density at radius 3 is 1.12 bits per heavy atom. The van der Waals surface area contributed by atoms with E-state index in [0.29, 0.717) is 11.8 Å². The lowest BCUT2D eigenvalue weighted by Crippen LogP contribution is -2.56. The molecule has 0 saturated heterocycles. The second-order valence-corrected chi connectivity index (χ2v) is 22.7. The van der Waals surface area contributed by atoms with Gasteiger partial charge in [0.1, 0.15) is 0 Å². The highest BCUT2D eigenvalue weighted by Gasteiger charge is 2.60. The average Bonchev–Trinajstić information content (AvgIpc) is 3.87. The molecule has 0 N–H and O–H groups in total. The van der Waals surface area contributed by atoms with Crippen LogP contribution in [0.15, 0.2) is 194 Å². The molecule has 0 spiro atoms. The number of rotatable bonds is 6. The van der Waals surface area contributed by atoms with E-state index in [0.717, 1.165) is 0 Å². The van der Waals surface area contributed by atoms with Crippen LogP contribution in [0.1, 0.15) is 113 Å². The van der Waals surface area contributed by atoms with Gasteiger partial charge in [0.25, 0.3) is 0 Å². The second kappa shape index (κ2) is 15.2. The highest BCUT2D eigenvalue weighted by atomic mass is 15.3. The van der Waals surface area contributed by atoms with Gasteiger partial charge in [0.05, 0.1) is 16.5 Å². The third-order valence-electron chi connectivity index (χ3n) is 19.0. The van der Waals surface area contributed by atoms with Crippen molar-refractivity contribution in [3.05, 3.63) is 228 Å². The van der Waals surface area contributed by atoms with E-state index >= 15 is 0 Å². The van der Waals surface area contributed by atoms with Crippen LogP contribution in [-0.4, -0.2) is 11.1 Å². The summed E-state index contributed by atoms with van der Waals surface area (Å²) in [7, 11) is 0. The van der Waals surface area contributed by atoms with Gasteiger partial charge in [0, 0.05) is 33.6 Å². The molecule has 342 valence electrons. The maximum absolute atomic E-state index is 2.70. The maximum Gasteiger partial charge on any atom is 0.0713 e. The van der Waals surface area contributed by atoms with Crippen molar-refractivity contribution in [2.45, 2.75) is 107 Å². The van der Waals surface area contributed by atoms with Gasteiger partial charge in [-0.3, -0.25) is 0 Å². The van der Waals surface area contributed by atoms with Crippen molar-refractivity contribution in [1.29, 1.82) is 0 Å². The van der Waals surface area contributed by atoms with Crippen molar-refractivity contribution in [2.75, 3.05) is 9.80 Å². The Kier molecular flexibility index (Phi) is 9.34. The van der Waals surface area contributed by atoms with Gasteiger partial charge in [-0.05, 0) is 192 Å². The molecular weight excluding hydrogens is 833 g/mol. The molecule has 13 rings (SSSR count). The van der Waals surface area contributed by atoms with E-state index in [-0.39, 0.29) is 21.9 Å². The van der Waals surface area contributed by atoms with Crippen LogP contribution in [0.5, 0.6) is 0 Å². The first kappa shape index (κ1) is 42.5. The summed E-state index contributed by atoms with van der Waals surface area (Å²) in [5.74, 6) is 1.36. The van der Waals surface area contributed by atoms with Crippen molar-refractivity contribution in [3.63, 3.8) is 0 Å². The van der Waals surface area contributed by atoms with Gasteiger partial charge >= 0.3 is 0 Å². The van der Waals surface area contributed by atoms with Crippen molar-refractivity contribution in [2.24, 2.45) is 11.8 Å². The van der Waals surface area contributed by atoms with Crippen LogP contribution in [0.3, 0.4) is 0 Å².